The highest BCUT2D eigenvalue weighted by Gasteiger charge is 2.18. The van der Waals surface area contributed by atoms with Gasteiger partial charge in [-0.25, -0.2) is 0 Å². The zero-order valence-electron chi connectivity index (χ0n) is 20.4. The summed E-state index contributed by atoms with van der Waals surface area (Å²) >= 11 is 0. The molecule has 1 N–H and O–H groups in total. The number of fused-ring (bicyclic) bond motifs is 2. The Morgan fingerprint density at radius 2 is 1.75 bits per heavy atom. The molecule has 2 heterocycles. The fraction of sp³-hybridized carbons (Fsp3) is 0.241. The van der Waals surface area contributed by atoms with E-state index in [2.05, 4.69) is 5.32 Å². The molecule has 184 valence electrons. The summed E-state index contributed by atoms with van der Waals surface area (Å²) in [6, 6.07) is 20.9. The molecule has 7 heteroatoms. The Hall–Kier alpha value is -4.26. The Labute approximate surface area is 209 Å². The third-order valence-corrected chi connectivity index (χ3v) is 6.22. The number of methoxy groups -OCH3 is 1. The number of aromatic nitrogens is 1. The standard InChI is InChI=1S/C29H28N2O5/c1-19-4-3-5-20(12-19)13-24(32)18-31-26-16-28-27(35-10-11-36-28)15-21(26)14-22(29(31)33)17-30-23-6-8-25(34-2)9-7-23/h3-9,12,14-16,30H,10-11,13,17-18H2,1-2H3. The van der Waals surface area contributed by atoms with Gasteiger partial charge in [-0.3, -0.25) is 9.59 Å². The van der Waals surface area contributed by atoms with Gasteiger partial charge in [-0.15, -0.1) is 0 Å². The van der Waals surface area contributed by atoms with E-state index in [0.717, 1.165) is 28.0 Å². The predicted octanol–water partition coefficient (Wildman–Crippen LogP) is 4.51. The number of nitrogens with zero attached hydrogens (tertiary/aromatic N) is 1. The van der Waals surface area contributed by atoms with Gasteiger partial charge in [0.1, 0.15) is 19.0 Å². The Kier molecular flexibility index (Phi) is 6.62. The van der Waals surface area contributed by atoms with Gasteiger partial charge in [-0.2, -0.15) is 0 Å². The number of aryl methyl sites for hydroxylation is 1. The number of ether oxygens (including phenoxy) is 3. The lowest BCUT2D eigenvalue weighted by Gasteiger charge is -2.21. The smallest absolute Gasteiger partial charge is 0.256 e. The molecule has 5 rings (SSSR count). The summed E-state index contributed by atoms with van der Waals surface area (Å²) in [5, 5.41) is 4.11. The number of hydrogen-bond donors (Lipinski definition) is 1. The quantitative estimate of drug-likeness (QED) is 0.396. The van der Waals surface area contributed by atoms with Crippen LogP contribution in [-0.4, -0.2) is 30.7 Å². The van der Waals surface area contributed by atoms with E-state index in [1.165, 1.54) is 0 Å². The molecule has 0 bridgehead atoms. The second-order valence-corrected chi connectivity index (χ2v) is 8.90. The lowest BCUT2D eigenvalue weighted by Crippen LogP contribution is -2.29. The monoisotopic (exact) mass is 484 g/mol. The normalized spacial score (nSPS) is 12.4. The number of carbonyl (C=O) groups excluding carboxylic acids is 1. The van der Waals surface area contributed by atoms with Crippen LogP contribution in [0.25, 0.3) is 10.9 Å². The summed E-state index contributed by atoms with van der Waals surface area (Å²) in [4.78, 5) is 26.7. The van der Waals surface area contributed by atoms with E-state index in [4.69, 9.17) is 14.2 Å². The molecule has 3 aromatic carbocycles. The topological polar surface area (TPSA) is 78.8 Å². The van der Waals surface area contributed by atoms with E-state index in [1.807, 2.05) is 67.6 Å². The zero-order valence-corrected chi connectivity index (χ0v) is 20.4. The van der Waals surface area contributed by atoms with E-state index in [1.54, 1.807) is 17.7 Å². The minimum atomic E-state index is -0.210. The van der Waals surface area contributed by atoms with E-state index >= 15 is 0 Å². The van der Waals surface area contributed by atoms with E-state index in [-0.39, 0.29) is 24.3 Å². The van der Waals surface area contributed by atoms with Crippen molar-refractivity contribution in [1.82, 2.24) is 4.57 Å². The largest absolute Gasteiger partial charge is 0.497 e. The van der Waals surface area contributed by atoms with Crippen LogP contribution in [0, 0.1) is 6.92 Å². The molecule has 0 spiro atoms. The molecule has 0 saturated heterocycles. The highest BCUT2D eigenvalue weighted by molar-refractivity contribution is 5.87. The molecule has 0 atom stereocenters. The van der Waals surface area contributed by atoms with Crippen molar-refractivity contribution in [2.45, 2.75) is 26.4 Å². The van der Waals surface area contributed by atoms with Crippen molar-refractivity contribution in [3.05, 3.63) is 93.8 Å². The first kappa shape index (κ1) is 23.5. The summed E-state index contributed by atoms with van der Waals surface area (Å²) < 4.78 is 18.3. The van der Waals surface area contributed by atoms with Crippen LogP contribution >= 0.6 is 0 Å². The second-order valence-electron chi connectivity index (χ2n) is 8.90. The number of Topliss-reactive ketones (excluding diaryl/α,β-unsaturated/α-hetero) is 1. The number of hydrogen-bond acceptors (Lipinski definition) is 6. The van der Waals surface area contributed by atoms with Gasteiger partial charge < -0.3 is 24.1 Å². The molecule has 4 aromatic rings. The Morgan fingerprint density at radius 3 is 2.47 bits per heavy atom. The van der Waals surface area contributed by atoms with Crippen molar-refractivity contribution in [3.63, 3.8) is 0 Å². The van der Waals surface area contributed by atoms with Gasteiger partial charge in [-0.1, -0.05) is 29.8 Å². The van der Waals surface area contributed by atoms with Crippen molar-refractivity contribution in [1.29, 1.82) is 0 Å². The van der Waals surface area contributed by atoms with E-state index < -0.39 is 0 Å². The third kappa shape index (κ3) is 5.05. The van der Waals surface area contributed by atoms with Crippen LogP contribution in [0.2, 0.25) is 0 Å². The van der Waals surface area contributed by atoms with Crippen molar-refractivity contribution < 1.29 is 19.0 Å². The van der Waals surface area contributed by atoms with Gasteiger partial charge in [0.15, 0.2) is 17.3 Å². The molecular weight excluding hydrogens is 456 g/mol. The first-order valence-electron chi connectivity index (χ1n) is 11.9. The number of anilines is 1. The van der Waals surface area contributed by atoms with Gasteiger partial charge in [0, 0.05) is 35.7 Å². The van der Waals surface area contributed by atoms with Crippen LogP contribution in [0.1, 0.15) is 16.7 Å². The van der Waals surface area contributed by atoms with Crippen LogP contribution in [0.3, 0.4) is 0 Å². The number of nitrogens with one attached hydrogen (secondary N) is 1. The Bertz CT molecular complexity index is 1470. The second kappa shape index (κ2) is 10.2. The van der Waals surface area contributed by atoms with Gasteiger partial charge in [0.05, 0.1) is 19.2 Å². The molecule has 1 aliphatic rings. The molecule has 0 amide bonds. The van der Waals surface area contributed by atoms with Crippen molar-refractivity contribution in [2.24, 2.45) is 0 Å². The molecule has 0 radical (unpaired) electrons. The summed E-state index contributed by atoms with van der Waals surface area (Å²) in [5.74, 6) is 1.93. The highest BCUT2D eigenvalue weighted by Crippen LogP contribution is 2.34. The van der Waals surface area contributed by atoms with Crippen molar-refractivity contribution in [3.8, 4) is 17.2 Å². The first-order valence-corrected chi connectivity index (χ1v) is 11.9. The lowest BCUT2D eigenvalue weighted by atomic mass is 10.1. The zero-order chi connectivity index (χ0) is 25.1. The van der Waals surface area contributed by atoms with Gasteiger partial charge in [0.2, 0.25) is 0 Å². The average Bonchev–Trinajstić information content (AvgIpc) is 2.88. The number of pyridine rings is 1. The molecule has 0 unspecified atom stereocenters. The number of ketones is 1. The lowest BCUT2D eigenvalue weighted by molar-refractivity contribution is -0.119. The summed E-state index contributed by atoms with van der Waals surface area (Å²) in [6.07, 6.45) is 0.258. The summed E-state index contributed by atoms with van der Waals surface area (Å²) in [7, 11) is 1.62. The third-order valence-electron chi connectivity index (χ3n) is 6.22. The molecule has 7 nitrogen and oxygen atoms in total. The van der Waals surface area contributed by atoms with Crippen molar-refractivity contribution >= 4 is 22.4 Å². The minimum Gasteiger partial charge on any atom is -0.497 e. The number of benzene rings is 3. The highest BCUT2D eigenvalue weighted by atomic mass is 16.6. The minimum absolute atomic E-state index is 0.0285. The van der Waals surface area contributed by atoms with E-state index in [9.17, 15) is 9.59 Å². The first-order chi connectivity index (χ1) is 17.5. The molecule has 36 heavy (non-hydrogen) atoms. The maximum atomic E-state index is 13.6. The number of rotatable bonds is 8. The number of carbonyl (C=O) groups is 1. The predicted molar refractivity (Wildman–Crippen MR) is 139 cm³/mol. The summed E-state index contributed by atoms with van der Waals surface area (Å²) in [6.45, 7) is 3.19. The average molecular weight is 485 g/mol. The molecule has 0 fully saturated rings. The van der Waals surface area contributed by atoms with Gasteiger partial charge >= 0.3 is 0 Å². The molecule has 1 aromatic heterocycles. The van der Waals surface area contributed by atoms with Crippen LogP contribution in [0.4, 0.5) is 5.69 Å². The maximum absolute atomic E-state index is 13.6. The van der Waals surface area contributed by atoms with Crippen LogP contribution in [0.5, 0.6) is 17.2 Å². The van der Waals surface area contributed by atoms with Crippen LogP contribution in [0.15, 0.2) is 71.5 Å². The Morgan fingerprint density at radius 1 is 1.00 bits per heavy atom. The molecule has 0 saturated carbocycles. The molecule has 1 aliphatic heterocycles. The Balaban J connectivity index is 1.49. The fourth-order valence-electron chi connectivity index (χ4n) is 4.45. The van der Waals surface area contributed by atoms with Crippen molar-refractivity contribution in [2.75, 3.05) is 25.6 Å². The molecule has 0 aliphatic carbocycles. The van der Waals surface area contributed by atoms with E-state index in [0.29, 0.717) is 42.3 Å². The van der Waals surface area contributed by atoms with Gasteiger partial charge in [0.25, 0.3) is 5.56 Å². The van der Waals surface area contributed by atoms with Gasteiger partial charge in [-0.05, 0) is 48.9 Å². The fourth-order valence-corrected chi connectivity index (χ4v) is 4.45. The SMILES string of the molecule is COc1ccc(NCc2cc3cc4c(cc3n(CC(=O)Cc3cccc(C)c3)c2=O)OCCO4)cc1. The van der Waals surface area contributed by atoms with Crippen LogP contribution < -0.4 is 25.1 Å². The van der Waals surface area contributed by atoms with Crippen LogP contribution in [-0.2, 0) is 24.3 Å². The molecular formula is C29H28N2O5. The maximum Gasteiger partial charge on any atom is 0.256 e. The summed E-state index contributed by atoms with van der Waals surface area (Å²) in [5.41, 5.74) is 3.88.